The minimum Gasteiger partial charge on any atom is -0.480 e. The molecule has 0 aromatic heterocycles. The van der Waals surface area contributed by atoms with Gasteiger partial charge in [-0.05, 0) is 23.4 Å². The number of nitrogens with two attached hydrogens (primary N) is 2. The lowest BCUT2D eigenvalue weighted by molar-refractivity contribution is -0.138. The van der Waals surface area contributed by atoms with Gasteiger partial charge in [-0.15, -0.1) is 0 Å². The SMILES string of the molecule is Nc1ccc(C[C@H](N)C(=O)O)c2ccccc12. The van der Waals surface area contributed by atoms with Crippen molar-refractivity contribution in [2.24, 2.45) is 5.73 Å². The van der Waals surface area contributed by atoms with E-state index in [1.54, 1.807) is 6.07 Å². The van der Waals surface area contributed by atoms with E-state index >= 15 is 0 Å². The molecule has 4 heteroatoms. The number of hydrogen-bond acceptors (Lipinski definition) is 3. The van der Waals surface area contributed by atoms with Gasteiger partial charge in [0.15, 0.2) is 0 Å². The fourth-order valence-electron chi connectivity index (χ4n) is 1.89. The van der Waals surface area contributed by atoms with E-state index in [1.807, 2.05) is 30.3 Å². The van der Waals surface area contributed by atoms with E-state index in [2.05, 4.69) is 0 Å². The molecule has 2 rings (SSSR count). The monoisotopic (exact) mass is 230 g/mol. The molecule has 5 N–H and O–H groups in total. The Hall–Kier alpha value is -2.07. The Morgan fingerprint density at radius 1 is 1.18 bits per heavy atom. The summed E-state index contributed by atoms with van der Waals surface area (Å²) in [5, 5.41) is 10.7. The topological polar surface area (TPSA) is 89.3 Å². The van der Waals surface area contributed by atoms with E-state index in [4.69, 9.17) is 16.6 Å². The highest BCUT2D eigenvalue weighted by Crippen LogP contribution is 2.25. The van der Waals surface area contributed by atoms with Gasteiger partial charge in [-0.2, -0.15) is 0 Å². The van der Waals surface area contributed by atoms with Crippen LogP contribution in [0.2, 0.25) is 0 Å². The van der Waals surface area contributed by atoms with Crippen molar-refractivity contribution in [3.63, 3.8) is 0 Å². The van der Waals surface area contributed by atoms with E-state index in [1.165, 1.54) is 0 Å². The van der Waals surface area contributed by atoms with Crippen LogP contribution in [0.3, 0.4) is 0 Å². The number of nitrogen functional groups attached to an aromatic ring is 1. The molecule has 0 fully saturated rings. The highest BCUT2D eigenvalue weighted by molar-refractivity contribution is 5.95. The van der Waals surface area contributed by atoms with E-state index < -0.39 is 12.0 Å². The zero-order valence-electron chi connectivity index (χ0n) is 9.26. The van der Waals surface area contributed by atoms with Gasteiger partial charge in [0.25, 0.3) is 0 Å². The Labute approximate surface area is 98.8 Å². The number of fused-ring (bicyclic) bond motifs is 1. The predicted octanol–water partition coefficient (Wildman–Crippen LogP) is 1.38. The molecule has 4 nitrogen and oxygen atoms in total. The standard InChI is InChI=1S/C13H14N2O2/c14-11-6-5-8(7-12(15)13(16)17)9-3-1-2-4-10(9)11/h1-6,12H,7,14-15H2,(H,16,17)/t12-/m0/s1. The molecule has 0 bridgehead atoms. The van der Waals surface area contributed by atoms with Crippen molar-refractivity contribution >= 4 is 22.4 Å². The van der Waals surface area contributed by atoms with Gasteiger partial charge >= 0.3 is 5.97 Å². The van der Waals surface area contributed by atoms with Crippen molar-refractivity contribution in [1.29, 1.82) is 0 Å². The second-order valence-corrected chi connectivity index (χ2v) is 4.01. The average molecular weight is 230 g/mol. The van der Waals surface area contributed by atoms with Crippen LogP contribution in [0.5, 0.6) is 0 Å². The average Bonchev–Trinajstić information content (AvgIpc) is 2.33. The third kappa shape index (κ3) is 2.21. The first-order valence-corrected chi connectivity index (χ1v) is 5.34. The number of carboxylic acid groups (broad SMARTS) is 1. The zero-order chi connectivity index (χ0) is 12.4. The van der Waals surface area contributed by atoms with Crippen LogP contribution in [-0.2, 0) is 11.2 Å². The third-order valence-electron chi connectivity index (χ3n) is 2.81. The Balaban J connectivity index is 2.48. The maximum Gasteiger partial charge on any atom is 0.320 e. The van der Waals surface area contributed by atoms with Gasteiger partial charge in [-0.3, -0.25) is 4.79 Å². The molecule has 1 atom stereocenters. The second kappa shape index (κ2) is 4.43. The first-order valence-electron chi connectivity index (χ1n) is 5.34. The summed E-state index contributed by atoms with van der Waals surface area (Å²) in [6, 6.07) is 10.4. The molecule has 2 aromatic carbocycles. The number of rotatable bonds is 3. The van der Waals surface area contributed by atoms with Crippen molar-refractivity contribution in [3.8, 4) is 0 Å². The quantitative estimate of drug-likeness (QED) is 0.695. The van der Waals surface area contributed by atoms with Crippen molar-refractivity contribution in [2.45, 2.75) is 12.5 Å². The number of aliphatic carboxylic acids is 1. The summed E-state index contributed by atoms with van der Waals surface area (Å²) in [6.45, 7) is 0. The van der Waals surface area contributed by atoms with E-state index in [-0.39, 0.29) is 0 Å². The highest BCUT2D eigenvalue weighted by Gasteiger charge is 2.14. The molecule has 0 unspecified atom stereocenters. The number of hydrogen-bond donors (Lipinski definition) is 3. The summed E-state index contributed by atoms with van der Waals surface area (Å²) < 4.78 is 0. The number of benzene rings is 2. The first-order chi connectivity index (χ1) is 8.09. The fourth-order valence-corrected chi connectivity index (χ4v) is 1.89. The normalized spacial score (nSPS) is 12.5. The highest BCUT2D eigenvalue weighted by atomic mass is 16.4. The molecule has 0 amide bonds. The Morgan fingerprint density at radius 2 is 1.82 bits per heavy atom. The molecule has 88 valence electrons. The summed E-state index contributed by atoms with van der Waals surface area (Å²) in [5.74, 6) is -0.995. The lowest BCUT2D eigenvalue weighted by Crippen LogP contribution is -2.32. The summed E-state index contributed by atoms with van der Waals surface area (Å²) in [7, 11) is 0. The van der Waals surface area contributed by atoms with Gasteiger partial charge < -0.3 is 16.6 Å². The van der Waals surface area contributed by atoms with Crippen molar-refractivity contribution < 1.29 is 9.90 Å². The predicted molar refractivity (Wildman–Crippen MR) is 67.7 cm³/mol. The molecule has 0 spiro atoms. The van der Waals surface area contributed by atoms with Crippen LogP contribution in [0, 0.1) is 0 Å². The van der Waals surface area contributed by atoms with Crippen molar-refractivity contribution in [3.05, 3.63) is 42.0 Å². The van der Waals surface area contributed by atoms with Crippen LogP contribution >= 0.6 is 0 Å². The van der Waals surface area contributed by atoms with Gasteiger partial charge in [-0.1, -0.05) is 30.3 Å². The van der Waals surface area contributed by atoms with Crippen LogP contribution in [0.1, 0.15) is 5.56 Å². The summed E-state index contributed by atoms with van der Waals surface area (Å²) in [6.07, 6.45) is 0.302. The first kappa shape index (κ1) is 11.4. The maximum atomic E-state index is 10.8. The molecule has 0 heterocycles. The van der Waals surface area contributed by atoms with Gasteiger partial charge in [0, 0.05) is 11.1 Å². The molecule has 0 aliphatic carbocycles. The van der Waals surface area contributed by atoms with E-state index in [9.17, 15) is 4.79 Å². The summed E-state index contributed by atoms with van der Waals surface area (Å²) in [4.78, 5) is 10.8. The molecule has 2 aromatic rings. The largest absolute Gasteiger partial charge is 0.480 e. The molecule has 0 saturated heterocycles. The smallest absolute Gasteiger partial charge is 0.320 e. The lowest BCUT2D eigenvalue weighted by Gasteiger charge is -2.11. The van der Waals surface area contributed by atoms with E-state index in [0.717, 1.165) is 16.3 Å². The van der Waals surface area contributed by atoms with Crippen LogP contribution < -0.4 is 11.5 Å². The Bertz CT molecular complexity index is 566. The molecule has 0 saturated carbocycles. The number of carbonyl (C=O) groups is 1. The lowest BCUT2D eigenvalue weighted by atomic mass is 9.98. The van der Waals surface area contributed by atoms with Crippen molar-refractivity contribution in [1.82, 2.24) is 0 Å². The molecular weight excluding hydrogens is 216 g/mol. The zero-order valence-corrected chi connectivity index (χ0v) is 9.26. The maximum absolute atomic E-state index is 10.8. The van der Waals surface area contributed by atoms with Gasteiger partial charge in [0.2, 0.25) is 0 Å². The number of carboxylic acids is 1. The van der Waals surface area contributed by atoms with E-state index in [0.29, 0.717) is 12.1 Å². The van der Waals surface area contributed by atoms with Crippen LogP contribution in [-0.4, -0.2) is 17.1 Å². The summed E-state index contributed by atoms with van der Waals surface area (Å²) >= 11 is 0. The van der Waals surface area contributed by atoms with Crippen LogP contribution in [0.25, 0.3) is 10.8 Å². The second-order valence-electron chi connectivity index (χ2n) is 4.01. The fraction of sp³-hybridized carbons (Fsp3) is 0.154. The molecule has 17 heavy (non-hydrogen) atoms. The third-order valence-corrected chi connectivity index (χ3v) is 2.81. The van der Waals surface area contributed by atoms with Gasteiger partial charge in [-0.25, -0.2) is 0 Å². The summed E-state index contributed by atoms with van der Waals surface area (Å²) in [5.41, 5.74) is 13.0. The molecular formula is C13H14N2O2. The Kier molecular flexibility index (Phi) is 2.97. The van der Waals surface area contributed by atoms with Crippen molar-refractivity contribution in [2.75, 3.05) is 5.73 Å². The minimum atomic E-state index is -0.995. The molecule has 0 radical (unpaired) electrons. The molecule has 0 aliphatic rings. The number of anilines is 1. The van der Waals surface area contributed by atoms with Crippen LogP contribution in [0.4, 0.5) is 5.69 Å². The molecule has 0 aliphatic heterocycles. The van der Waals surface area contributed by atoms with Gasteiger partial charge in [0.1, 0.15) is 6.04 Å². The Morgan fingerprint density at radius 3 is 2.47 bits per heavy atom. The van der Waals surface area contributed by atoms with Gasteiger partial charge in [0.05, 0.1) is 0 Å². The minimum absolute atomic E-state index is 0.302. The van der Waals surface area contributed by atoms with Crippen LogP contribution in [0.15, 0.2) is 36.4 Å².